The molecule has 2 aromatic rings. The van der Waals surface area contributed by atoms with Crippen LogP contribution in [0.1, 0.15) is 46.5 Å². The van der Waals surface area contributed by atoms with E-state index in [0.717, 1.165) is 25.7 Å². The quantitative estimate of drug-likeness (QED) is 0.823. The standard InChI is InChI=1S/C18H26FN3O3S/c1-18(2,3)26(23,24)20-11-12-4-7-14(8-5-12)21-17-22-15-9-6-13(19)10-16(15)25-17/h6,9-10,12,14,20H,4-5,7-8,11H2,1-3H3,(H,21,22)/t12-,14-. The van der Waals surface area contributed by atoms with E-state index >= 15 is 0 Å². The van der Waals surface area contributed by atoms with Crippen LogP contribution < -0.4 is 10.0 Å². The number of halogens is 1. The van der Waals surface area contributed by atoms with E-state index in [1.54, 1.807) is 26.8 Å². The van der Waals surface area contributed by atoms with Gasteiger partial charge in [0.05, 0.1) is 4.75 Å². The number of hydrogen-bond donors (Lipinski definition) is 2. The van der Waals surface area contributed by atoms with E-state index < -0.39 is 14.8 Å². The lowest BCUT2D eigenvalue weighted by atomic mass is 9.86. The third kappa shape index (κ3) is 4.35. The smallest absolute Gasteiger partial charge is 0.295 e. The van der Waals surface area contributed by atoms with Crippen molar-refractivity contribution in [2.24, 2.45) is 5.92 Å². The Morgan fingerprint density at radius 2 is 1.92 bits per heavy atom. The van der Waals surface area contributed by atoms with Crippen molar-refractivity contribution in [1.29, 1.82) is 0 Å². The molecule has 0 spiro atoms. The molecular formula is C18H26FN3O3S. The molecule has 26 heavy (non-hydrogen) atoms. The maximum Gasteiger partial charge on any atom is 0.295 e. The summed E-state index contributed by atoms with van der Waals surface area (Å²) in [7, 11) is -3.30. The Morgan fingerprint density at radius 3 is 2.58 bits per heavy atom. The zero-order valence-electron chi connectivity index (χ0n) is 15.4. The fourth-order valence-corrected chi connectivity index (χ4v) is 3.98. The summed E-state index contributed by atoms with van der Waals surface area (Å²) in [6, 6.07) is 4.91. The predicted octanol–water partition coefficient (Wildman–Crippen LogP) is 3.66. The number of nitrogens with zero attached hydrogens (tertiary/aromatic N) is 1. The predicted molar refractivity (Wildman–Crippen MR) is 100 cm³/mol. The van der Waals surface area contributed by atoms with Gasteiger partial charge in [0.15, 0.2) is 5.58 Å². The Kier molecular flexibility index (Phi) is 5.25. The second-order valence-electron chi connectivity index (χ2n) is 7.96. The maximum atomic E-state index is 13.2. The highest BCUT2D eigenvalue weighted by molar-refractivity contribution is 7.90. The molecule has 0 unspecified atom stereocenters. The van der Waals surface area contributed by atoms with E-state index in [4.69, 9.17) is 4.42 Å². The first-order chi connectivity index (χ1) is 12.1. The second kappa shape index (κ2) is 7.15. The van der Waals surface area contributed by atoms with Crippen molar-refractivity contribution in [3.8, 4) is 0 Å². The molecule has 144 valence electrons. The summed E-state index contributed by atoms with van der Waals surface area (Å²) in [6.07, 6.45) is 3.68. The first kappa shape index (κ1) is 19.1. The third-order valence-electron chi connectivity index (χ3n) is 4.89. The van der Waals surface area contributed by atoms with Crippen molar-refractivity contribution in [3.05, 3.63) is 24.0 Å². The maximum absolute atomic E-state index is 13.2. The number of benzene rings is 1. The topological polar surface area (TPSA) is 84.2 Å². The van der Waals surface area contributed by atoms with E-state index in [2.05, 4.69) is 15.0 Å². The number of sulfonamides is 1. The van der Waals surface area contributed by atoms with Crippen LogP contribution in [0.15, 0.2) is 22.6 Å². The van der Waals surface area contributed by atoms with E-state index in [1.165, 1.54) is 12.1 Å². The van der Waals surface area contributed by atoms with Gasteiger partial charge in [0.1, 0.15) is 11.3 Å². The van der Waals surface area contributed by atoms with E-state index in [9.17, 15) is 12.8 Å². The lowest BCUT2D eigenvalue weighted by molar-refractivity contribution is 0.333. The summed E-state index contributed by atoms with van der Waals surface area (Å²) >= 11 is 0. The van der Waals surface area contributed by atoms with Crippen LogP contribution in [0.5, 0.6) is 0 Å². The van der Waals surface area contributed by atoms with E-state index in [1.807, 2.05) is 0 Å². The van der Waals surface area contributed by atoms with Gasteiger partial charge >= 0.3 is 0 Å². The summed E-state index contributed by atoms with van der Waals surface area (Å²) < 4.78 is 45.0. The Bertz CT molecular complexity index is 865. The average molecular weight is 383 g/mol. The number of fused-ring (bicyclic) bond motifs is 1. The minimum absolute atomic E-state index is 0.225. The number of hydrogen-bond acceptors (Lipinski definition) is 5. The van der Waals surface area contributed by atoms with Gasteiger partial charge in [-0.05, 0) is 64.5 Å². The summed E-state index contributed by atoms with van der Waals surface area (Å²) in [6.45, 7) is 5.57. The highest BCUT2D eigenvalue weighted by atomic mass is 32.2. The monoisotopic (exact) mass is 383 g/mol. The van der Waals surface area contributed by atoms with E-state index in [0.29, 0.717) is 29.6 Å². The van der Waals surface area contributed by atoms with Gasteiger partial charge in [-0.3, -0.25) is 0 Å². The van der Waals surface area contributed by atoms with Gasteiger partial charge in [-0.25, -0.2) is 17.5 Å². The number of aromatic nitrogens is 1. The van der Waals surface area contributed by atoms with Crippen LogP contribution >= 0.6 is 0 Å². The molecular weight excluding hydrogens is 357 g/mol. The van der Waals surface area contributed by atoms with Crippen molar-refractivity contribution in [2.75, 3.05) is 11.9 Å². The molecule has 2 N–H and O–H groups in total. The zero-order valence-corrected chi connectivity index (χ0v) is 16.2. The van der Waals surface area contributed by atoms with Gasteiger partial charge in [0.25, 0.3) is 6.01 Å². The van der Waals surface area contributed by atoms with Crippen molar-refractivity contribution in [1.82, 2.24) is 9.71 Å². The molecule has 0 aliphatic heterocycles. The minimum Gasteiger partial charge on any atom is -0.423 e. The second-order valence-corrected chi connectivity index (χ2v) is 10.5. The number of rotatable bonds is 5. The third-order valence-corrected chi connectivity index (χ3v) is 7.05. The molecule has 0 atom stereocenters. The molecule has 8 heteroatoms. The number of anilines is 1. The SMILES string of the molecule is CC(C)(C)S(=O)(=O)NC[C@H]1CC[C@H](Nc2nc3ccc(F)cc3o2)CC1. The molecule has 6 nitrogen and oxygen atoms in total. The Balaban J connectivity index is 1.50. The molecule has 0 saturated heterocycles. The molecule has 1 aliphatic carbocycles. The lowest BCUT2D eigenvalue weighted by Crippen LogP contribution is -2.42. The molecule has 0 radical (unpaired) electrons. The van der Waals surface area contributed by atoms with Gasteiger partial charge in [0.2, 0.25) is 10.0 Å². The van der Waals surface area contributed by atoms with Crippen LogP contribution in [-0.4, -0.2) is 30.7 Å². The minimum atomic E-state index is -3.30. The molecule has 0 bridgehead atoms. The van der Waals surface area contributed by atoms with Gasteiger partial charge in [-0.2, -0.15) is 4.98 Å². The van der Waals surface area contributed by atoms with Crippen molar-refractivity contribution in [3.63, 3.8) is 0 Å². The fraction of sp³-hybridized carbons (Fsp3) is 0.611. The average Bonchev–Trinajstić information content (AvgIpc) is 2.94. The highest BCUT2D eigenvalue weighted by Gasteiger charge is 2.30. The molecule has 1 fully saturated rings. The number of nitrogens with one attached hydrogen (secondary N) is 2. The lowest BCUT2D eigenvalue weighted by Gasteiger charge is -2.29. The summed E-state index contributed by atoms with van der Waals surface area (Å²) in [5, 5.41) is 3.27. The van der Waals surface area contributed by atoms with Crippen molar-refractivity contribution < 1.29 is 17.2 Å². The van der Waals surface area contributed by atoms with Crippen LogP contribution in [0.2, 0.25) is 0 Å². The van der Waals surface area contributed by atoms with Gasteiger partial charge in [-0.15, -0.1) is 0 Å². The van der Waals surface area contributed by atoms with Crippen molar-refractivity contribution in [2.45, 2.75) is 57.2 Å². The number of oxazole rings is 1. The normalized spacial score (nSPS) is 21.8. The highest BCUT2D eigenvalue weighted by Crippen LogP contribution is 2.28. The summed E-state index contributed by atoms with van der Waals surface area (Å²) in [4.78, 5) is 4.33. The molecule has 1 aliphatic rings. The molecule has 0 amide bonds. The van der Waals surface area contributed by atoms with Crippen LogP contribution in [0, 0.1) is 11.7 Å². The van der Waals surface area contributed by atoms with Crippen LogP contribution in [0.25, 0.3) is 11.1 Å². The van der Waals surface area contributed by atoms with Gasteiger partial charge in [0, 0.05) is 18.7 Å². The van der Waals surface area contributed by atoms with Crippen molar-refractivity contribution >= 4 is 27.1 Å². The Morgan fingerprint density at radius 1 is 1.23 bits per heavy atom. The van der Waals surface area contributed by atoms with Crippen LogP contribution in [-0.2, 0) is 10.0 Å². The van der Waals surface area contributed by atoms with Gasteiger partial charge < -0.3 is 9.73 Å². The fourth-order valence-electron chi connectivity index (χ4n) is 3.09. The molecule has 1 aromatic carbocycles. The first-order valence-electron chi connectivity index (χ1n) is 8.96. The summed E-state index contributed by atoms with van der Waals surface area (Å²) in [5.74, 6) is -0.0127. The van der Waals surface area contributed by atoms with Gasteiger partial charge in [-0.1, -0.05) is 0 Å². The summed E-state index contributed by atoms with van der Waals surface area (Å²) in [5.41, 5.74) is 1.05. The molecule has 1 saturated carbocycles. The largest absolute Gasteiger partial charge is 0.423 e. The first-order valence-corrected chi connectivity index (χ1v) is 10.4. The van der Waals surface area contributed by atoms with Crippen LogP contribution in [0.3, 0.4) is 0 Å². The molecule has 3 rings (SSSR count). The Labute approximate surface area is 153 Å². The van der Waals surface area contributed by atoms with Crippen LogP contribution in [0.4, 0.5) is 10.4 Å². The zero-order chi connectivity index (χ0) is 18.9. The molecule has 1 aromatic heterocycles. The molecule has 1 heterocycles. The Hall–Kier alpha value is -1.67. The van der Waals surface area contributed by atoms with E-state index in [-0.39, 0.29) is 11.9 Å².